The topological polar surface area (TPSA) is 113 Å². The smallest absolute Gasteiger partial charge is 0.444 e. The largest absolute Gasteiger partial charge is 0.469 e. The van der Waals surface area contributed by atoms with E-state index in [1.807, 2.05) is 0 Å². The third kappa shape index (κ3) is 7.44. The van der Waals surface area contributed by atoms with Gasteiger partial charge in [0.15, 0.2) is 0 Å². The van der Waals surface area contributed by atoms with Crippen molar-refractivity contribution in [2.45, 2.75) is 51.4 Å². The van der Waals surface area contributed by atoms with E-state index in [9.17, 15) is 14.4 Å². The second-order valence-corrected chi connectivity index (χ2v) is 6.54. The summed E-state index contributed by atoms with van der Waals surface area (Å²) >= 11 is 0. The number of carbonyl (C=O) groups excluding carboxylic acids is 2. The van der Waals surface area contributed by atoms with Crippen LogP contribution < -0.4 is 15.8 Å². The van der Waals surface area contributed by atoms with Crippen molar-refractivity contribution in [1.29, 1.82) is 0 Å². The Labute approximate surface area is 169 Å². The highest BCUT2D eigenvalue weighted by Gasteiger charge is 2.10. The number of anilines is 1. The van der Waals surface area contributed by atoms with Crippen LogP contribution in [0.4, 0.5) is 5.69 Å². The van der Waals surface area contributed by atoms with Crippen LogP contribution in [-0.4, -0.2) is 35.9 Å². The molecule has 1 aromatic carbocycles. The molecule has 0 saturated carbocycles. The minimum Gasteiger partial charge on any atom is -0.469 e. The van der Waals surface area contributed by atoms with Crippen molar-refractivity contribution in [3.63, 3.8) is 0 Å². The SMILES string of the molecule is COC(=O)CCCCCCCCC(=O)Nc1ccc(-n2nc(OC)oc2=O)cc1. The maximum atomic E-state index is 12.0. The Morgan fingerprint density at radius 3 is 2.21 bits per heavy atom. The number of hydrogen-bond acceptors (Lipinski definition) is 7. The number of ether oxygens (including phenoxy) is 2. The lowest BCUT2D eigenvalue weighted by Crippen LogP contribution is -2.14. The molecule has 0 unspecified atom stereocenters. The molecule has 0 spiro atoms. The Hall–Kier alpha value is -3.10. The lowest BCUT2D eigenvalue weighted by molar-refractivity contribution is -0.140. The van der Waals surface area contributed by atoms with Crippen LogP contribution in [0, 0.1) is 0 Å². The van der Waals surface area contributed by atoms with E-state index < -0.39 is 5.76 Å². The molecule has 1 N–H and O–H groups in total. The molecular formula is C20H27N3O6. The monoisotopic (exact) mass is 405 g/mol. The molecule has 29 heavy (non-hydrogen) atoms. The lowest BCUT2D eigenvalue weighted by Gasteiger charge is -2.06. The van der Waals surface area contributed by atoms with Gasteiger partial charge >= 0.3 is 17.8 Å². The van der Waals surface area contributed by atoms with Crippen LogP contribution >= 0.6 is 0 Å². The van der Waals surface area contributed by atoms with Gasteiger partial charge in [0.25, 0.3) is 0 Å². The van der Waals surface area contributed by atoms with E-state index in [4.69, 9.17) is 9.15 Å². The Morgan fingerprint density at radius 2 is 1.62 bits per heavy atom. The zero-order chi connectivity index (χ0) is 21.1. The zero-order valence-corrected chi connectivity index (χ0v) is 16.8. The molecule has 158 valence electrons. The van der Waals surface area contributed by atoms with Crippen molar-refractivity contribution in [2.24, 2.45) is 0 Å². The van der Waals surface area contributed by atoms with Crippen LogP contribution in [0.3, 0.4) is 0 Å². The highest BCUT2D eigenvalue weighted by molar-refractivity contribution is 5.90. The zero-order valence-electron chi connectivity index (χ0n) is 16.8. The summed E-state index contributed by atoms with van der Waals surface area (Å²) in [7, 11) is 2.76. The van der Waals surface area contributed by atoms with Gasteiger partial charge in [-0.25, -0.2) is 4.79 Å². The molecule has 2 aromatic rings. The summed E-state index contributed by atoms with van der Waals surface area (Å²) < 4.78 is 15.3. The number of esters is 1. The van der Waals surface area contributed by atoms with Gasteiger partial charge in [-0.1, -0.05) is 30.8 Å². The summed E-state index contributed by atoms with van der Waals surface area (Å²) in [6, 6.07) is 6.71. The van der Waals surface area contributed by atoms with E-state index in [1.54, 1.807) is 24.3 Å². The number of aromatic nitrogens is 2. The summed E-state index contributed by atoms with van der Waals surface area (Å²) in [4.78, 5) is 34.7. The number of methoxy groups -OCH3 is 2. The van der Waals surface area contributed by atoms with Crippen molar-refractivity contribution in [2.75, 3.05) is 19.5 Å². The van der Waals surface area contributed by atoms with Gasteiger partial charge < -0.3 is 19.2 Å². The quantitative estimate of drug-likeness (QED) is 0.426. The Kier molecular flexibility index (Phi) is 8.94. The second kappa shape index (κ2) is 11.7. The van der Waals surface area contributed by atoms with E-state index in [0.717, 1.165) is 43.2 Å². The molecule has 1 amide bonds. The number of amides is 1. The number of carbonyl (C=O) groups is 2. The molecule has 0 aliphatic heterocycles. The standard InChI is InChI=1S/C20H27N3O6/c1-27-18(25)10-8-6-4-3-5-7-9-17(24)21-15-11-13-16(14-12-15)23-20(26)29-19(22-23)28-2/h11-14H,3-10H2,1-2H3,(H,21,24). The summed E-state index contributed by atoms with van der Waals surface area (Å²) in [5, 5.41) is 6.72. The number of nitrogens with one attached hydrogen (secondary N) is 1. The number of hydrogen-bond donors (Lipinski definition) is 1. The van der Waals surface area contributed by atoms with Crippen LogP contribution in [0.2, 0.25) is 0 Å². The van der Waals surface area contributed by atoms with E-state index in [1.165, 1.54) is 14.2 Å². The number of unbranched alkanes of at least 4 members (excludes halogenated alkanes) is 5. The minimum atomic E-state index is -0.649. The lowest BCUT2D eigenvalue weighted by atomic mass is 10.1. The second-order valence-electron chi connectivity index (χ2n) is 6.54. The van der Waals surface area contributed by atoms with Crippen LogP contribution in [0.25, 0.3) is 5.69 Å². The third-order valence-electron chi connectivity index (χ3n) is 4.36. The number of nitrogens with zero attached hydrogens (tertiary/aromatic N) is 2. The van der Waals surface area contributed by atoms with Crippen LogP contribution in [-0.2, 0) is 14.3 Å². The van der Waals surface area contributed by atoms with Gasteiger partial charge in [-0.15, -0.1) is 0 Å². The molecule has 0 aliphatic carbocycles. The molecule has 0 fully saturated rings. The van der Waals surface area contributed by atoms with Crippen molar-refractivity contribution in [3.8, 4) is 11.8 Å². The number of rotatable bonds is 12. The van der Waals surface area contributed by atoms with Gasteiger partial charge in [0.2, 0.25) is 5.91 Å². The maximum Gasteiger partial charge on any atom is 0.444 e. The van der Waals surface area contributed by atoms with Crippen molar-refractivity contribution >= 4 is 17.6 Å². The van der Waals surface area contributed by atoms with E-state index in [-0.39, 0.29) is 18.0 Å². The number of benzene rings is 1. The average molecular weight is 405 g/mol. The molecular weight excluding hydrogens is 378 g/mol. The van der Waals surface area contributed by atoms with Crippen molar-refractivity contribution < 1.29 is 23.5 Å². The Morgan fingerprint density at radius 1 is 1.00 bits per heavy atom. The Balaban J connectivity index is 1.66. The highest BCUT2D eigenvalue weighted by atomic mass is 16.6. The molecule has 0 bridgehead atoms. The Bertz CT molecular complexity index is 841. The predicted octanol–water partition coefficient (Wildman–Crippen LogP) is 3.07. The average Bonchev–Trinajstić information content (AvgIpc) is 3.11. The van der Waals surface area contributed by atoms with Crippen molar-refractivity contribution in [1.82, 2.24) is 9.78 Å². The predicted molar refractivity (Wildman–Crippen MR) is 106 cm³/mol. The molecule has 9 heteroatoms. The van der Waals surface area contributed by atoms with Gasteiger partial charge in [-0.3, -0.25) is 9.59 Å². The van der Waals surface area contributed by atoms with Crippen molar-refractivity contribution in [3.05, 3.63) is 34.8 Å². The van der Waals surface area contributed by atoms with Crippen LogP contribution in [0.15, 0.2) is 33.5 Å². The first-order valence-electron chi connectivity index (χ1n) is 9.64. The third-order valence-corrected chi connectivity index (χ3v) is 4.36. The summed E-state index contributed by atoms with van der Waals surface area (Å²) in [5.74, 6) is -0.866. The molecule has 0 aliphatic rings. The van der Waals surface area contributed by atoms with Gasteiger partial charge in [-0.2, -0.15) is 4.68 Å². The first kappa shape index (κ1) is 22.2. The first-order valence-corrected chi connectivity index (χ1v) is 9.64. The summed E-state index contributed by atoms with van der Waals surface area (Å²) in [6.45, 7) is 0. The summed E-state index contributed by atoms with van der Waals surface area (Å²) in [6.07, 6.45) is 6.52. The first-order chi connectivity index (χ1) is 14.0. The molecule has 0 atom stereocenters. The highest BCUT2D eigenvalue weighted by Crippen LogP contribution is 2.14. The normalized spacial score (nSPS) is 10.6. The fraction of sp³-hybridized carbons (Fsp3) is 0.500. The van der Waals surface area contributed by atoms with Gasteiger partial charge in [-0.05, 0) is 37.1 Å². The van der Waals surface area contributed by atoms with E-state index in [2.05, 4.69) is 15.2 Å². The fourth-order valence-corrected chi connectivity index (χ4v) is 2.78. The fourth-order valence-electron chi connectivity index (χ4n) is 2.78. The van der Waals surface area contributed by atoms with Crippen LogP contribution in [0.5, 0.6) is 6.08 Å². The molecule has 9 nitrogen and oxygen atoms in total. The molecule has 0 saturated heterocycles. The molecule has 1 aromatic heterocycles. The molecule has 0 radical (unpaired) electrons. The van der Waals surface area contributed by atoms with Crippen LogP contribution in [0.1, 0.15) is 51.4 Å². The van der Waals surface area contributed by atoms with Gasteiger partial charge in [0.1, 0.15) is 0 Å². The molecule has 2 rings (SSSR count). The van der Waals surface area contributed by atoms with E-state index >= 15 is 0 Å². The van der Waals surface area contributed by atoms with Gasteiger partial charge in [0.05, 0.1) is 19.9 Å². The van der Waals surface area contributed by atoms with E-state index in [0.29, 0.717) is 24.2 Å². The van der Waals surface area contributed by atoms with Gasteiger partial charge in [0, 0.05) is 18.5 Å². The molecule has 1 heterocycles. The summed E-state index contributed by atoms with van der Waals surface area (Å²) in [5.41, 5.74) is 1.15. The minimum absolute atomic E-state index is 0.0521. The maximum absolute atomic E-state index is 12.0.